The number of rotatable bonds is 9. The predicted octanol–water partition coefficient (Wildman–Crippen LogP) is 5.99. The van der Waals surface area contributed by atoms with Gasteiger partial charge in [0.25, 0.3) is 0 Å². The topological polar surface area (TPSA) is 110 Å². The van der Waals surface area contributed by atoms with E-state index in [0.29, 0.717) is 18.0 Å². The first-order valence-electron chi connectivity index (χ1n) is 14.8. The van der Waals surface area contributed by atoms with Crippen LogP contribution in [0.3, 0.4) is 0 Å². The first-order valence-corrected chi connectivity index (χ1v) is 14.8. The highest BCUT2D eigenvalue weighted by molar-refractivity contribution is 5.97. The molecular weight excluding hydrogens is 541 g/mol. The maximum Gasteiger partial charge on any atom is 0.181 e. The highest BCUT2D eigenvalue weighted by Crippen LogP contribution is 2.34. The van der Waals surface area contributed by atoms with Crippen molar-refractivity contribution in [3.63, 3.8) is 0 Å². The van der Waals surface area contributed by atoms with E-state index in [1.54, 1.807) is 6.07 Å². The van der Waals surface area contributed by atoms with Gasteiger partial charge >= 0.3 is 0 Å². The largest absolute Gasteiger partial charge is 0.384 e. The van der Waals surface area contributed by atoms with Crippen LogP contribution < -0.4 is 10.6 Å². The molecule has 0 unspecified atom stereocenters. The van der Waals surface area contributed by atoms with Crippen molar-refractivity contribution in [3.05, 3.63) is 78.5 Å². The molecule has 4 N–H and O–H groups in total. The number of benzene rings is 2. The number of imidazole rings is 1. The third kappa shape index (κ3) is 5.71. The number of aromatic amines is 2. The Morgan fingerprint density at radius 2 is 1.81 bits per heavy atom. The van der Waals surface area contributed by atoms with E-state index in [-0.39, 0.29) is 5.82 Å². The Balaban J connectivity index is 1.22. The third-order valence-electron chi connectivity index (χ3n) is 8.06. The molecule has 7 rings (SSSR count). The summed E-state index contributed by atoms with van der Waals surface area (Å²) < 4.78 is 14.6. The maximum atomic E-state index is 14.6. The van der Waals surface area contributed by atoms with Crippen LogP contribution >= 0.6 is 0 Å². The number of halogens is 1. The molecule has 1 saturated heterocycles. The Morgan fingerprint density at radius 3 is 2.70 bits per heavy atom. The molecule has 0 saturated carbocycles. The molecule has 0 aliphatic carbocycles. The predicted molar refractivity (Wildman–Crippen MR) is 169 cm³/mol. The smallest absolute Gasteiger partial charge is 0.181 e. The van der Waals surface area contributed by atoms with Gasteiger partial charge in [-0.15, -0.1) is 0 Å². The van der Waals surface area contributed by atoms with Crippen LogP contribution in [0.1, 0.15) is 24.8 Å². The number of H-pyrrole nitrogens is 2. The molecule has 218 valence electrons. The summed E-state index contributed by atoms with van der Waals surface area (Å²) >= 11 is 0. The second kappa shape index (κ2) is 11.9. The van der Waals surface area contributed by atoms with Gasteiger partial charge in [-0.1, -0.05) is 18.6 Å². The summed E-state index contributed by atoms with van der Waals surface area (Å²) in [6, 6.07) is 15.2. The van der Waals surface area contributed by atoms with Crippen LogP contribution in [0.5, 0.6) is 0 Å². The molecule has 2 aromatic carbocycles. The van der Waals surface area contributed by atoms with Gasteiger partial charge < -0.3 is 15.6 Å². The molecule has 0 bridgehead atoms. The standard InChI is InChI=1S/C33H34FN9/c1-35-8-9-37-26-14-22(13-25(34)16-26)27-6-5-7-29-30(27)40-33(39-29)31-28-15-24(19-38-32(28)42-41-31)23-12-21(17-36-18-23)20-43-10-3-2-4-11-43/h5-7,12-19,35,37H,2-4,8-11,20H2,1H3,(H,39,40)(H,38,41,42). The number of fused-ring (bicyclic) bond motifs is 2. The number of nitrogens with one attached hydrogen (secondary N) is 4. The lowest BCUT2D eigenvalue weighted by Gasteiger charge is -2.26. The van der Waals surface area contributed by atoms with E-state index in [1.807, 2.05) is 49.9 Å². The average molecular weight is 576 g/mol. The van der Waals surface area contributed by atoms with Crippen LogP contribution in [0.4, 0.5) is 10.1 Å². The molecule has 6 aromatic rings. The lowest BCUT2D eigenvalue weighted by atomic mass is 10.0. The van der Waals surface area contributed by atoms with Crippen LogP contribution in [0.15, 0.2) is 67.1 Å². The van der Waals surface area contributed by atoms with Crippen molar-refractivity contribution in [2.45, 2.75) is 25.8 Å². The number of piperidine rings is 1. The molecule has 0 atom stereocenters. The summed E-state index contributed by atoms with van der Waals surface area (Å²) in [6.45, 7) is 4.66. The second-order valence-electron chi connectivity index (χ2n) is 11.2. The van der Waals surface area contributed by atoms with E-state index in [1.165, 1.54) is 30.9 Å². The van der Waals surface area contributed by atoms with Crippen molar-refractivity contribution < 1.29 is 4.39 Å². The molecule has 0 spiro atoms. The van der Waals surface area contributed by atoms with Gasteiger partial charge in [0, 0.05) is 60.6 Å². The van der Waals surface area contributed by atoms with Crippen molar-refractivity contribution in [1.82, 2.24) is 40.3 Å². The Bertz CT molecular complexity index is 1890. The van der Waals surface area contributed by atoms with Crippen molar-refractivity contribution in [3.8, 4) is 33.8 Å². The maximum absolute atomic E-state index is 14.6. The summed E-state index contributed by atoms with van der Waals surface area (Å²) in [7, 11) is 1.89. The Labute approximate surface area is 249 Å². The zero-order valence-corrected chi connectivity index (χ0v) is 24.1. The van der Waals surface area contributed by atoms with E-state index in [4.69, 9.17) is 4.98 Å². The fraction of sp³-hybridized carbons (Fsp3) is 0.273. The van der Waals surface area contributed by atoms with Gasteiger partial charge in [-0.25, -0.2) is 14.4 Å². The van der Waals surface area contributed by atoms with Gasteiger partial charge in [0.15, 0.2) is 11.5 Å². The van der Waals surface area contributed by atoms with E-state index < -0.39 is 0 Å². The Morgan fingerprint density at radius 1 is 0.930 bits per heavy atom. The van der Waals surface area contributed by atoms with Gasteiger partial charge in [0.2, 0.25) is 0 Å². The molecule has 1 aliphatic rings. The quantitative estimate of drug-likeness (QED) is 0.157. The van der Waals surface area contributed by atoms with Crippen LogP contribution in [0.25, 0.3) is 55.8 Å². The van der Waals surface area contributed by atoms with Crippen LogP contribution in [0, 0.1) is 5.82 Å². The van der Waals surface area contributed by atoms with Gasteiger partial charge in [-0.2, -0.15) is 5.10 Å². The number of aromatic nitrogens is 6. The minimum Gasteiger partial charge on any atom is -0.384 e. The molecule has 5 heterocycles. The molecule has 10 heteroatoms. The summed E-state index contributed by atoms with van der Waals surface area (Å²) in [5, 5.41) is 14.8. The minimum absolute atomic E-state index is 0.301. The van der Waals surface area contributed by atoms with E-state index in [0.717, 1.165) is 76.2 Å². The second-order valence-corrected chi connectivity index (χ2v) is 11.2. The van der Waals surface area contributed by atoms with Gasteiger partial charge in [0.05, 0.1) is 16.4 Å². The molecule has 1 aliphatic heterocycles. The SMILES string of the molecule is CNCCNc1cc(F)cc(-c2cccc3[nH]c(-c4[nH]nc5ncc(-c6cncc(CN7CCCCC7)c6)cc45)nc23)c1. The van der Waals surface area contributed by atoms with Gasteiger partial charge in [0.1, 0.15) is 11.5 Å². The summed E-state index contributed by atoms with van der Waals surface area (Å²) in [5.74, 6) is 0.342. The number of likely N-dealkylation sites (N-methyl/N-ethyl adjacent to an activating group) is 1. The average Bonchev–Trinajstić information content (AvgIpc) is 3.65. The molecule has 4 aromatic heterocycles. The van der Waals surface area contributed by atoms with Crippen molar-refractivity contribution >= 4 is 27.8 Å². The fourth-order valence-electron chi connectivity index (χ4n) is 5.91. The number of anilines is 1. The highest BCUT2D eigenvalue weighted by Gasteiger charge is 2.17. The number of para-hydroxylation sites is 1. The molecule has 43 heavy (non-hydrogen) atoms. The molecule has 1 fully saturated rings. The van der Waals surface area contributed by atoms with Crippen molar-refractivity contribution in [2.75, 3.05) is 38.5 Å². The van der Waals surface area contributed by atoms with E-state index in [2.05, 4.69) is 52.8 Å². The molecule has 0 amide bonds. The third-order valence-corrected chi connectivity index (χ3v) is 8.06. The van der Waals surface area contributed by atoms with Crippen molar-refractivity contribution in [2.24, 2.45) is 0 Å². The lowest BCUT2D eigenvalue weighted by Crippen LogP contribution is -2.29. The van der Waals surface area contributed by atoms with Crippen molar-refractivity contribution in [1.29, 1.82) is 0 Å². The molecule has 0 radical (unpaired) electrons. The number of likely N-dealkylation sites (tertiary alicyclic amines) is 1. The summed E-state index contributed by atoms with van der Waals surface area (Å²) in [5.41, 5.74) is 8.48. The minimum atomic E-state index is -0.301. The van der Waals surface area contributed by atoms with Crippen LogP contribution in [0.2, 0.25) is 0 Å². The van der Waals surface area contributed by atoms with Gasteiger partial charge in [-0.05, 0) is 80.5 Å². The van der Waals surface area contributed by atoms with Gasteiger partial charge in [-0.3, -0.25) is 15.0 Å². The number of hydrogen-bond donors (Lipinski definition) is 4. The van der Waals surface area contributed by atoms with Crippen LogP contribution in [-0.2, 0) is 6.54 Å². The fourth-order valence-corrected chi connectivity index (χ4v) is 5.91. The van der Waals surface area contributed by atoms with E-state index >= 15 is 0 Å². The van der Waals surface area contributed by atoms with E-state index in [9.17, 15) is 4.39 Å². The number of pyridine rings is 2. The zero-order valence-electron chi connectivity index (χ0n) is 24.1. The zero-order chi connectivity index (χ0) is 29.2. The normalized spacial score (nSPS) is 14.1. The Kier molecular flexibility index (Phi) is 7.53. The number of hydrogen-bond acceptors (Lipinski definition) is 7. The summed E-state index contributed by atoms with van der Waals surface area (Å²) in [4.78, 5) is 20.1. The number of nitrogens with zero attached hydrogens (tertiary/aromatic N) is 5. The monoisotopic (exact) mass is 575 g/mol. The summed E-state index contributed by atoms with van der Waals surface area (Å²) in [6.07, 6.45) is 9.53. The first kappa shape index (κ1) is 27.2. The molecular formula is C33H34FN9. The highest BCUT2D eigenvalue weighted by atomic mass is 19.1. The lowest BCUT2D eigenvalue weighted by molar-refractivity contribution is 0.220. The van der Waals surface area contributed by atoms with Crippen LogP contribution in [-0.4, -0.2) is 68.3 Å². The first-order chi connectivity index (χ1) is 21.1. The molecule has 9 nitrogen and oxygen atoms in total. The Hall–Kier alpha value is -4.67.